The molecule has 0 amide bonds. The van der Waals surface area contributed by atoms with Gasteiger partial charge in [0.2, 0.25) is 0 Å². The molecule has 4 aromatic rings. The summed E-state index contributed by atoms with van der Waals surface area (Å²) in [5, 5.41) is 0. The molecule has 3 aromatic carbocycles. The highest BCUT2D eigenvalue weighted by Gasteiger charge is 2.08. The zero-order chi connectivity index (χ0) is 17.1. The average Bonchev–Trinajstić information content (AvgIpc) is 2.70. The number of hydrogen-bond acceptors (Lipinski definition) is 1. The minimum atomic E-state index is -0.226. The number of benzene rings is 3. The lowest BCUT2D eigenvalue weighted by atomic mass is 10.00. The first-order valence-corrected chi connectivity index (χ1v) is 8.18. The highest BCUT2D eigenvalue weighted by atomic mass is 19.1. The van der Waals surface area contributed by atoms with Crippen LogP contribution in [0.5, 0.6) is 0 Å². The summed E-state index contributed by atoms with van der Waals surface area (Å²) in [6.45, 7) is 0. The molecule has 0 saturated carbocycles. The third-order valence-corrected chi connectivity index (χ3v) is 4.22. The van der Waals surface area contributed by atoms with Crippen molar-refractivity contribution in [3.05, 3.63) is 103 Å². The van der Waals surface area contributed by atoms with Crippen LogP contribution in [0.15, 0.2) is 97.2 Å². The molecule has 2 heteroatoms. The zero-order valence-electron chi connectivity index (χ0n) is 13.6. The van der Waals surface area contributed by atoms with Crippen molar-refractivity contribution < 1.29 is 4.39 Å². The fraction of sp³-hybridized carbons (Fsp3) is 0. The molecule has 0 aliphatic carbocycles. The van der Waals surface area contributed by atoms with E-state index < -0.39 is 0 Å². The molecule has 1 aromatic heterocycles. The molecule has 1 heterocycles. The van der Waals surface area contributed by atoms with Crippen LogP contribution in [0.25, 0.3) is 33.5 Å². The molecule has 1 nitrogen and oxygen atoms in total. The van der Waals surface area contributed by atoms with E-state index in [0.29, 0.717) is 5.56 Å². The summed E-state index contributed by atoms with van der Waals surface area (Å²) in [6, 6.07) is 28.9. The topological polar surface area (TPSA) is 12.9 Å². The van der Waals surface area contributed by atoms with Crippen LogP contribution >= 0.6 is 0 Å². The third-order valence-electron chi connectivity index (χ3n) is 4.22. The molecule has 0 aliphatic rings. The molecule has 120 valence electrons. The minimum Gasteiger partial charge on any atom is -0.256 e. The van der Waals surface area contributed by atoms with Crippen LogP contribution in [0.2, 0.25) is 0 Å². The van der Waals surface area contributed by atoms with Crippen LogP contribution in [0.1, 0.15) is 0 Å². The second-order valence-electron chi connectivity index (χ2n) is 5.86. The Bertz CT molecular complexity index is 977. The lowest BCUT2D eigenvalue weighted by molar-refractivity contribution is 0.631. The summed E-state index contributed by atoms with van der Waals surface area (Å²) in [4.78, 5) is 4.57. The van der Waals surface area contributed by atoms with Crippen LogP contribution in [0.3, 0.4) is 0 Å². The quantitative estimate of drug-likeness (QED) is 0.435. The number of aromatic nitrogens is 1. The molecule has 0 atom stereocenters. The number of hydrogen-bond donors (Lipinski definition) is 0. The predicted octanol–water partition coefficient (Wildman–Crippen LogP) is 6.22. The lowest BCUT2D eigenvalue weighted by Gasteiger charge is -2.08. The van der Waals surface area contributed by atoms with Gasteiger partial charge in [0, 0.05) is 22.9 Å². The summed E-state index contributed by atoms with van der Waals surface area (Å²) in [6.07, 6.45) is 1.86. The van der Waals surface area contributed by atoms with E-state index in [-0.39, 0.29) is 5.82 Å². The van der Waals surface area contributed by atoms with Crippen molar-refractivity contribution in [3.8, 4) is 33.5 Å². The van der Waals surface area contributed by atoms with Gasteiger partial charge in [-0.1, -0.05) is 66.7 Å². The summed E-state index contributed by atoms with van der Waals surface area (Å²) in [7, 11) is 0. The molecule has 0 spiro atoms. The maximum atomic E-state index is 14.2. The molecular formula is C23H16FN. The Morgan fingerprint density at radius 1 is 0.560 bits per heavy atom. The molecule has 0 saturated heterocycles. The second kappa shape index (κ2) is 6.70. The lowest BCUT2D eigenvalue weighted by Crippen LogP contribution is -1.89. The van der Waals surface area contributed by atoms with Crippen molar-refractivity contribution in [2.45, 2.75) is 0 Å². The fourth-order valence-corrected chi connectivity index (χ4v) is 2.89. The smallest absolute Gasteiger partial charge is 0.131 e. The van der Waals surface area contributed by atoms with Gasteiger partial charge in [-0.2, -0.15) is 0 Å². The van der Waals surface area contributed by atoms with Gasteiger partial charge in [0.1, 0.15) is 5.82 Å². The number of rotatable bonds is 3. The third kappa shape index (κ3) is 3.20. The molecule has 0 unspecified atom stereocenters. The molecule has 4 rings (SSSR count). The second-order valence-corrected chi connectivity index (χ2v) is 5.86. The first-order chi connectivity index (χ1) is 12.3. The van der Waals surface area contributed by atoms with Crippen molar-refractivity contribution in [1.82, 2.24) is 4.98 Å². The maximum absolute atomic E-state index is 14.2. The van der Waals surface area contributed by atoms with Crippen LogP contribution in [-0.2, 0) is 0 Å². The largest absolute Gasteiger partial charge is 0.256 e. The zero-order valence-corrected chi connectivity index (χ0v) is 13.6. The first kappa shape index (κ1) is 15.3. The van der Waals surface area contributed by atoms with Crippen molar-refractivity contribution in [3.63, 3.8) is 0 Å². The molecule has 0 bridgehead atoms. The number of nitrogens with zero attached hydrogens (tertiary/aromatic N) is 1. The maximum Gasteiger partial charge on any atom is 0.131 e. The fourth-order valence-electron chi connectivity index (χ4n) is 2.89. The monoisotopic (exact) mass is 325 g/mol. The van der Waals surface area contributed by atoms with Gasteiger partial charge < -0.3 is 0 Å². The summed E-state index contributed by atoms with van der Waals surface area (Å²) >= 11 is 0. The Morgan fingerprint density at radius 2 is 1.20 bits per heavy atom. The molecule has 0 aliphatic heterocycles. The summed E-state index contributed by atoms with van der Waals surface area (Å²) in [5.41, 5.74) is 5.38. The predicted molar refractivity (Wildman–Crippen MR) is 101 cm³/mol. The highest BCUT2D eigenvalue weighted by molar-refractivity contribution is 5.73. The number of halogens is 1. The van der Waals surface area contributed by atoms with E-state index in [0.717, 1.165) is 27.9 Å². The van der Waals surface area contributed by atoms with Crippen LogP contribution in [0.4, 0.5) is 4.39 Å². The van der Waals surface area contributed by atoms with Crippen LogP contribution in [0, 0.1) is 5.82 Å². The Morgan fingerprint density at radius 3 is 1.84 bits per heavy atom. The SMILES string of the molecule is Fc1ccc(-c2ccc(-c3ccccc3)cn2)cc1-c1ccccc1. The minimum absolute atomic E-state index is 0.226. The molecule has 0 fully saturated rings. The normalized spacial score (nSPS) is 10.6. The van der Waals surface area contributed by atoms with E-state index in [2.05, 4.69) is 17.1 Å². The van der Waals surface area contributed by atoms with Crippen molar-refractivity contribution in [2.24, 2.45) is 0 Å². The van der Waals surface area contributed by atoms with Gasteiger partial charge in [0.25, 0.3) is 0 Å². The van der Waals surface area contributed by atoms with Crippen LogP contribution < -0.4 is 0 Å². The Kier molecular flexibility index (Phi) is 4.09. The summed E-state index contributed by atoms with van der Waals surface area (Å²) in [5.74, 6) is -0.226. The van der Waals surface area contributed by atoms with Gasteiger partial charge in [-0.3, -0.25) is 4.98 Å². The van der Waals surface area contributed by atoms with E-state index in [9.17, 15) is 4.39 Å². The van der Waals surface area contributed by atoms with E-state index in [1.165, 1.54) is 6.07 Å². The van der Waals surface area contributed by atoms with Gasteiger partial charge in [-0.05, 0) is 35.4 Å². The van der Waals surface area contributed by atoms with Gasteiger partial charge >= 0.3 is 0 Å². The Labute approximate surface area is 146 Å². The highest BCUT2D eigenvalue weighted by Crippen LogP contribution is 2.29. The van der Waals surface area contributed by atoms with E-state index >= 15 is 0 Å². The molecule has 25 heavy (non-hydrogen) atoms. The standard InChI is InChI=1S/C23H16FN/c24-22-13-11-19(15-21(22)18-9-5-2-6-10-18)23-14-12-20(16-25-23)17-7-3-1-4-8-17/h1-16H. The van der Waals surface area contributed by atoms with Crippen molar-refractivity contribution in [2.75, 3.05) is 0 Å². The van der Waals surface area contributed by atoms with E-state index in [1.807, 2.05) is 72.9 Å². The van der Waals surface area contributed by atoms with Crippen LogP contribution in [-0.4, -0.2) is 4.98 Å². The Hall–Kier alpha value is -3.26. The van der Waals surface area contributed by atoms with E-state index in [1.54, 1.807) is 6.07 Å². The Balaban J connectivity index is 1.71. The molecular weight excluding hydrogens is 309 g/mol. The first-order valence-electron chi connectivity index (χ1n) is 8.18. The molecule has 0 radical (unpaired) electrons. The average molecular weight is 325 g/mol. The summed E-state index contributed by atoms with van der Waals surface area (Å²) < 4.78 is 14.2. The van der Waals surface area contributed by atoms with Gasteiger partial charge in [0.15, 0.2) is 0 Å². The van der Waals surface area contributed by atoms with Gasteiger partial charge in [-0.15, -0.1) is 0 Å². The van der Waals surface area contributed by atoms with Crippen molar-refractivity contribution in [1.29, 1.82) is 0 Å². The molecule has 0 N–H and O–H groups in total. The van der Waals surface area contributed by atoms with Gasteiger partial charge in [-0.25, -0.2) is 4.39 Å². The number of pyridine rings is 1. The van der Waals surface area contributed by atoms with Gasteiger partial charge in [0.05, 0.1) is 5.69 Å². The van der Waals surface area contributed by atoms with E-state index in [4.69, 9.17) is 0 Å². The van der Waals surface area contributed by atoms with Crippen molar-refractivity contribution >= 4 is 0 Å².